The molecule has 0 amide bonds. The van der Waals surface area contributed by atoms with Gasteiger partial charge in [0.15, 0.2) is 0 Å². The van der Waals surface area contributed by atoms with Crippen molar-refractivity contribution in [3.8, 4) is 11.5 Å². The Bertz CT molecular complexity index is 637. The van der Waals surface area contributed by atoms with Gasteiger partial charge in [-0.05, 0) is 42.7 Å². The molecule has 0 aliphatic rings. The van der Waals surface area contributed by atoms with Crippen molar-refractivity contribution in [3.63, 3.8) is 0 Å². The molecule has 1 atom stereocenters. The van der Waals surface area contributed by atoms with Gasteiger partial charge in [0, 0.05) is 6.07 Å². The Morgan fingerprint density at radius 3 is 2.48 bits per heavy atom. The SMILES string of the molecule is CC[C@H](O)c1ccc(Oc2ccc(C)cc2[N+](=O)[O-])cc1. The van der Waals surface area contributed by atoms with Gasteiger partial charge in [0.2, 0.25) is 5.75 Å². The summed E-state index contributed by atoms with van der Waals surface area (Å²) < 4.78 is 5.57. The van der Waals surface area contributed by atoms with E-state index in [1.165, 1.54) is 6.07 Å². The number of aliphatic hydroxyl groups excluding tert-OH is 1. The van der Waals surface area contributed by atoms with E-state index >= 15 is 0 Å². The Hall–Kier alpha value is -2.40. The van der Waals surface area contributed by atoms with Crippen LogP contribution >= 0.6 is 0 Å². The molecule has 0 aliphatic carbocycles. The Balaban J connectivity index is 2.24. The van der Waals surface area contributed by atoms with E-state index in [1.807, 2.05) is 6.92 Å². The number of aryl methyl sites for hydroxylation is 1. The fraction of sp³-hybridized carbons (Fsp3) is 0.250. The third kappa shape index (κ3) is 3.58. The number of hydrogen-bond donors (Lipinski definition) is 1. The molecule has 1 N–H and O–H groups in total. The maximum atomic E-state index is 11.0. The van der Waals surface area contributed by atoms with E-state index in [1.54, 1.807) is 43.3 Å². The Morgan fingerprint density at radius 1 is 1.24 bits per heavy atom. The van der Waals surface area contributed by atoms with E-state index in [4.69, 9.17) is 4.74 Å². The van der Waals surface area contributed by atoms with Crippen LogP contribution < -0.4 is 4.74 Å². The molecule has 0 saturated heterocycles. The number of hydrogen-bond acceptors (Lipinski definition) is 4. The monoisotopic (exact) mass is 287 g/mol. The topological polar surface area (TPSA) is 72.6 Å². The van der Waals surface area contributed by atoms with E-state index in [0.717, 1.165) is 11.1 Å². The highest BCUT2D eigenvalue weighted by atomic mass is 16.6. The molecule has 110 valence electrons. The standard InChI is InChI=1S/C16H17NO4/c1-3-15(18)12-5-7-13(8-6-12)21-16-9-4-11(2)10-14(16)17(19)20/h4-10,15,18H,3H2,1-2H3/t15-/m0/s1. The second-order valence-electron chi connectivity index (χ2n) is 4.82. The largest absolute Gasteiger partial charge is 0.450 e. The molecular formula is C16H17NO4. The smallest absolute Gasteiger partial charge is 0.311 e. The minimum Gasteiger partial charge on any atom is -0.450 e. The van der Waals surface area contributed by atoms with Crippen molar-refractivity contribution in [2.24, 2.45) is 0 Å². The number of benzene rings is 2. The minimum absolute atomic E-state index is 0.0623. The number of nitrogens with zero attached hydrogens (tertiary/aromatic N) is 1. The lowest BCUT2D eigenvalue weighted by Gasteiger charge is -2.10. The fourth-order valence-electron chi connectivity index (χ4n) is 1.98. The normalized spacial score (nSPS) is 12.0. The Kier molecular flexibility index (Phi) is 4.55. The van der Waals surface area contributed by atoms with Crippen LogP contribution in [0.3, 0.4) is 0 Å². The molecule has 2 rings (SSSR count). The van der Waals surface area contributed by atoms with Gasteiger partial charge in [0.25, 0.3) is 0 Å². The van der Waals surface area contributed by atoms with Gasteiger partial charge in [-0.2, -0.15) is 0 Å². The molecule has 2 aromatic rings. The number of ether oxygens (including phenoxy) is 1. The van der Waals surface area contributed by atoms with Gasteiger partial charge in [0.05, 0.1) is 11.0 Å². The van der Waals surface area contributed by atoms with Gasteiger partial charge < -0.3 is 9.84 Å². The zero-order chi connectivity index (χ0) is 15.4. The number of aliphatic hydroxyl groups is 1. The van der Waals surface area contributed by atoms with Gasteiger partial charge in [0.1, 0.15) is 5.75 Å². The summed E-state index contributed by atoms with van der Waals surface area (Å²) in [6.45, 7) is 3.68. The third-order valence-electron chi connectivity index (χ3n) is 3.19. The summed E-state index contributed by atoms with van der Waals surface area (Å²) in [5.74, 6) is 0.698. The molecule has 0 saturated carbocycles. The quantitative estimate of drug-likeness (QED) is 0.662. The molecule has 0 spiro atoms. The van der Waals surface area contributed by atoms with Crippen LogP contribution in [0.1, 0.15) is 30.6 Å². The highest BCUT2D eigenvalue weighted by Gasteiger charge is 2.16. The van der Waals surface area contributed by atoms with Gasteiger partial charge in [-0.3, -0.25) is 10.1 Å². The van der Waals surface area contributed by atoms with E-state index in [-0.39, 0.29) is 11.4 Å². The molecule has 0 bridgehead atoms. The first-order chi connectivity index (χ1) is 10.0. The second-order valence-corrected chi connectivity index (χ2v) is 4.82. The Labute approximate surface area is 123 Å². The molecule has 2 aromatic carbocycles. The van der Waals surface area contributed by atoms with Crippen molar-refractivity contribution in [2.75, 3.05) is 0 Å². The summed E-state index contributed by atoms with van der Waals surface area (Å²) in [6, 6.07) is 11.7. The third-order valence-corrected chi connectivity index (χ3v) is 3.19. The second kappa shape index (κ2) is 6.37. The van der Waals surface area contributed by atoms with E-state index < -0.39 is 11.0 Å². The predicted octanol–water partition coefficient (Wildman–Crippen LogP) is 4.14. The molecule has 5 nitrogen and oxygen atoms in total. The molecule has 0 radical (unpaired) electrons. The lowest BCUT2D eigenvalue weighted by atomic mass is 10.1. The van der Waals surface area contributed by atoms with E-state index in [9.17, 15) is 15.2 Å². The fourth-order valence-corrected chi connectivity index (χ4v) is 1.98. The minimum atomic E-state index is -0.507. The van der Waals surface area contributed by atoms with Crippen LogP contribution in [0.25, 0.3) is 0 Å². The molecule has 0 unspecified atom stereocenters. The van der Waals surface area contributed by atoms with Gasteiger partial charge in [-0.15, -0.1) is 0 Å². The Morgan fingerprint density at radius 2 is 1.90 bits per heavy atom. The number of nitro groups is 1. The molecule has 0 aliphatic heterocycles. The maximum absolute atomic E-state index is 11.0. The molecule has 5 heteroatoms. The van der Waals surface area contributed by atoms with Crippen LogP contribution in [0.4, 0.5) is 5.69 Å². The predicted molar refractivity (Wildman–Crippen MR) is 79.6 cm³/mol. The van der Waals surface area contributed by atoms with Crippen LogP contribution in [-0.4, -0.2) is 10.0 Å². The first-order valence-electron chi connectivity index (χ1n) is 6.72. The van der Waals surface area contributed by atoms with Crippen molar-refractivity contribution in [1.82, 2.24) is 0 Å². The van der Waals surface area contributed by atoms with Crippen molar-refractivity contribution in [1.29, 1.82) is 0 Å². The average Bonchev–Trinajstić information content (AvgIpc) is 2.49. The van der Waals surface area contributed by atoms with Gasteiger partial charge in [-0.25, -0.2) is 0 Å². The van der Waals surface area contributed by atoms with Gasteiger partial charge >= 0.3 is 5.69 Å². The average molecular weight is 287 g/mol. The molecule has 0 fully saturated rings. The van der Waals surface area contributed by atoms with E-state index in [2.05, 4.69) is 0 Å². The zero-order valence-corrected chi connectivity index (χ0v) is 11.9. The van der Waals surface area contributed by atoms with Crippen molar-refractivity contribution < 1.29 is 14.8 Å². The summed E-state index contributed by atoms with van der Waals surface area (Å²) in [5.41, 5.74) is 1.53. The molecular weight excluding hydrogens is 270 g/mol. The number of rotatable bonds is 5. The van der Waals surface area contributed by atoms with Crippen molar-refractivity contribution in [2.45, 2.75) is 26.4 Å². The molecule has 0 aromatic heterocycles. The summed E-state index contributed by atoms with van der Waals surface area (Å²) in [5, 5.41) is 20.8. The first kappa shape index (κ1) is 15.0. The summed E-state index contributed by atoms with van der Waals surface area (Å²) >= 11 is 0. The highest BCUT2D eigenvalue weighted by molar-refractivity contribution is 5.50. The highest BCUT2D eigenvalue weighted by Crippen LogP contribution is 2.32. The van der Waals surface area contributed by atoms with Crippen molar-refractivity contribution >= 4 is 5.69 Å². The van der Waals surface area contributed by atoms with Gasteiger partial charge in [-0.1, -0.05) is 25.1 Å². The zero-order valence-electron chi connectivity index (χ0n) is 11.9. The maximum Gasteiger partial charge on any atom is 0.311 e. The summed E-state index contributed by atoms with van der Waals surface area (Å²) in [7, 11) is 0. The summed E-state index contributed by atoms with van der Waals surface area (Å²) in [4.78, 5) is 10.6. The van der Waals surface area contributed by atoms with Crippen LogP contribution in [0.5, 0.6) is 11.5 Å². The molecule has 21 heavy (non-hydrogen) atoms. The van der Waals surface area contributed by atoms with Crippen LogP contribution in [-0.2, 0) is 0 Å². The van der Waals surface area contributed by atoms with Crippen molar-refractivity contribution in [3.05, 3.63) is 63.7 Å². The van der Waals surface area contributed by atoms with Crippen LogP contribution in [0.2, 0.25) is 0 Å². The lowest BCUT2D eigenvalue weighted by molar-refractivity contribution is -0.385. The van der Waals surface area contributed by atoms with Crippen LogP contribution in [0, 0.1) is 17.0 Å². The molecule has 0 heterocycles. The lowest BCUT2D eigenvalue weighted by Crippen LogP contribution is -1.96. The first-order valence-corrected chi connectivity index (χ1v) is 6.72. The number of nitro benzene ring substituents is 1. The van der Waals surface area contributed by atoms with Crippen LogP contribution in [0.15, 0.2) is 42.5 Å². The van der Waals surface area contributed by atoms with E-state index in [0.29, 0.717) is 12.2 Å². The summed E-state index contributed by atoms with van der Waals surface area (Å²) in [6.07, 6.45) is 0.122.